The van der Waals surface area contributed by atoms with E-state index in [-0.39, 0.29) is 17.7 Å². The summed E-state index contributed by atoms with van der Waals surface area (Å²) in [7, 11) is 3.43. The summed E-state index contributed by atoms with van der Waals surface area (Å²) >= 11 is 0. The van der Waals surface area contributed by atoms with Crippen LogP contribution in [0.25, 0.3) is 11.0 Å². The van der Waals surface area contributed by atoms with Gasteiger partial charge in [-0.05, 0) is 12.1 Å². The summed E-state index contributed by atoms with van der Waals surface area (Å²) in [6.45, 7) is 6.27. The van der Waals surface area contributed by atoms with Gasteiger partial charge in [0.2, 0.25) is 5.91 Å². The van der Waals surface area contributed by atoms with Crippen molar-refractivity contribution in [2.45, 2.75) is 32.6 Å². The Hall–Kier alpha value is -2.76. The van der Waals surface area contributed by atoms with Crippen LogP contribution in [0.4, 0.5) is 5.82 Å². The molecular weight excluding hydrogens is 318 g/mol. The maximum absolute atomic E-state index is 12.4. The number of fused-ring (bicyclic) bond motifs is 1. The van der Waals surface area contributed by atoms with E-state index in [9.17, 15) is 4.79 Å². The van der Waals surface area contributed by atoms with E-state index in [1.54, 1.807) is 18.1 Å². The first-order valence-electron chi connectivity index (χ1n) is 8.16. The molecular formula is C19H23N3O3. The lowest BCUT2D eigenvalue weighted by Gasteiger charge is -2.13. The van der Waals surface area contributed by atoms with Gasteiger partial charge in [-0.3, -0.25) is 9.48 Å². The zero-order valence-electron chi connectivity index (χ0n) is 15.2. The van der Waals surface area contributed by atoms with Gasteiger partial charge in [0.15, 0.2) is 0 Å². The number of carbonyl (C=O) groups excluding carboxylic acids is 1. The van der Waals surface area contributed by atoms with Crippen LogP contribution in [0.1, 0.15) is 32.0 Å². The van der Waals surface area contributed by atoms with Crippen LogP contribution in [0, 0.1) is 0 Å². The number of hydrogen-bond acceptors (Lipinski definition) is 4. The fourth-order valence-electron chi connectivity index (χ4n) is 2.64. The molecule has 3 rings (SSSR count). The van der Waals surface area contributed by atoms with Crippen LogP contribution in [0.5, 0.6) is 5.75 Å². The van der Waals surface area contributed by atoms with E-state index >= 15 is 0 Å². The Morgan fingerprint density at radius 2 is 2.08 bits per heavy atom. The molecule has 6 heteroatoms. The molecule has 2 heterocycles. The molecule has 0 radical (unpaired) electrons. The number of aromatic nitrogens is 2. The van der Waals surface area contributed by atoms with Crippen LogP contribution in [0.3, 0.4) is 0 Å². The number of aryl methyl sites for hydroxylation is 1. The quantitative estimate of drug-likeness (QED) is 0.786. The van der Waals surface area contributed by atoms with Crippen LogP contribution in [0.2, 0.25) is 0 Å². The normalized spacial score (nSPS) is 11.7. The van der Waals surface area contributed by atoms with Gasteiger partial charge in [0, 0.05) is 35.5 Å². The molecule has 1 aromatic carbocycles. The number of nitrogens with one attached hydrogen (secondary N) is 1. The van der Waals surface area contributed by atoms with Crippen molar-refractivity contribution in [1.29, 1.82) is 0 Å². The second-order valence-electron chi connectivity index (χ2n) is 7.14. The average Bonchev–Trinajstić information content (AvgIpc) is 3.11. The Morgan fingerprint density at radius 1 is 1.32 bits per heavy atom. The summed E-state index contributed by atoms with van der Waals surface area (Å²) in [6, 6.07) is 7.49. The van der Waals surface area contributed by atoms with Crippen LogP contribution < -0.4 is 10.1 Å². The Kier molecular flexibility index (Phi) is 4.29. The molecule has 0 saturated carbocycles. The molecule has 0 spiro atoms. The average molecular weight is 341 g/mol. The molecule has 0 atom stereocenters. The molecule has 0 fully saturated rings. The van der Waals surface area contributed by atoms with Gasteiger partial charge < -0.3 is 14.5 Å². The molecule has 0 aliphatic heterocycles. The lowest BCUT2D eigenvalue weighted by molar-refractivity contribution is -0.115. The van der Waals surface area contributed by atoms with Gasteiger partial charge >= 0.3 is 0 Å². The van der Waals surface area contributed by atoms with Crippen LogP contribution in [-0.2, 0) is 23.7 Å². The smallest absolute Gasteiger partial charge is 0.230 e. The lowest BCUT2D eigenvalue weighted by atomic mass is 9.92. The lowest BCUT2D eigenvalue weighted by Crippen LogP contribution is -2.16. The van der Waals surface area contributed by atoms with E-state index in [0.29, 0.717) is 11.4 Å². The topological polar surface area (TPSA) is 69.3 Å². The number of amides is 1. The number of carbonyl (C=O) groups is 1. The zero-order valence-corrected chi connectivity index (χ0v) is 15.2. The number of benzene rings is 1. The zero-order chi connectivity index (χ0) is 18.2. The second kappa shape index (κ2) is 6.27. The molecule has 2 aromatic heterocycles. The fraction of sp³-hybridized carbons (Fsp3) is 0.368. The van der Waals surface area contributed by atoms with E-state index in [1.165, 1.54) is 0 Å². The summed E-state index contributed by atoms with van der Waals surface area (Å²) < 4.78 is 12.4. The Balaban J connectivity index is 1.76. The third-order valence-corrected chi connectivity index (χ3v) is 4.13. The predicted molar refractivity (Wildman–Crippen MR) is 97.0 cm³/mol. The maximum atomic E-state index is 12.4. The maximum Gasteiger partial charge on any atom is 0.230 e. The van der Waals surface area contributed by atoms with E-state index in [0.717, 1.165) is 22.4 Å². The molecule has 0 unspecified atom stereocenters. The van der Waals surface area contributed by atoms with Crippen molar-refractivity contribution in [3.8, 4) is 5.75 Å². The monoisotopic (exact) mass is 341 g/mol. The third-order valence-electron chi connectivity index (χ3n) is 4.13. The molecule has 0 saturated heterocycles. The molecule has 0 bridgehead atoms. The van der Waals surface area contributed by atoms with Gasteiger partial charge in [0.05, 0.1) is 25.5 Å². The molecule has 1 N–H and O–H groups in total. The van der Waals surface area contributed by atoms with Crippen LogP contribution >= 0.6 is 0 Å². The number of nitrogens with zero attached hydrogens (tertiary/aromatic N) is 2. The molecule has 132 valence electrons. The van der Waals surface area contributed by atoms with E-state index in [2.05, 4.69) is 31.2 Å². The van der Waals surface area contributed by atoms with Gasteiger partial charge in [-0.1, -0.05) is 20.8 Å². The van der Waals surface area contributed by atoms with E-state index in [1.807, 2.05) is 31.3 Å². The SMILES string of the molecule is COc1ccc2c(CC(=O)Nc3cc(C(C)(C)C)nn3C)coc2c1. The largest absolute Gasteiger partial charge is 0.497 e. The molecule has 3 aromatic rings. The number of hydrogen-bond donors (Lipinski definition) is 1. The summed E-state index contributed by atoms with van der Waals surface area (Å²) in [5.41, 5.74) is 2.41. The summed E-state index contributed by atoms with van der Waals surface area (Å²) in [5.74, 6) is 1.30. The molecule has 6 nitrogen and oxygen atoms in total. The van der Waals surface area contributed by atoms with Crippen molar-refractivity contribution in [3.63, 3.8) is 0 Å². The Morgan fingerprint density at radius 3 is 2.72 bits per heavy atom. The van der Waals surface area contributed by atoms with Crippen molar-refractivity contribution in [3.05, 3.63) is 41.8 Å². The van der Waals surface area contributed by atoms with Crippen molar-refractivity contribution in [1.82, 2.24) is 9.78 Å². The van der Waals surface area contributed by atoms with Crippen molar-refractivity contribution in [2.24, 2.45) is 7.05 Å². The first kappa shape index (κ1) is 17.1. The van der Waals surface area contributed by atoms with Gasteiger partial charge in [0.1, 0.15) is 17.2 Å². The van der Waals surface area contributed by atoms with Gasteiger partial charge in [-0.15, -0.1) is 0 Å². The van der Waals surface area contributed by atoms with Crippen molar-refractivity contribution in [2.75, 3.05) is 12.4 Å². The van der Waals surface area contributed by atoms with Crippen LogP contribution in [-0.4, -0.2) is 22.8 Å². The predicted octanol–water partition coefficient (Wildman–Crippen LogP) is 3.65. The fourth-order valence-corrected chi connectivity index (χ4v) is 2.64. The molecule has 0 aliphatic carbocycles. The van der Waals surface area contributed by atoms with Gasteiger partial charge in [0.25, 0.3) is 0 Å². The molecule has 25 heavy (non-hydrogen) atoms. The minimum absolute atomic E-state index is 0.0689. The minimum atomic E-state index is -0.109. The highest BCUT2D eigenvalue weighted by Gasteiger charge is 2.20. The summed E-state index contributed by atoms with van der Waals surface area (Å²) in [6.07, 6.45) is 1.85. The number of furan rings is 1. The van der Waals surface area contributed by atoms with Gasteiger partial charge in [-0.2, -0.15) is 5.10 Å². The first-order valence-corrected chi connectivity index (χ1v) is 8.16. The number of methoxy groups -OCH3 is 1. The molecule has 1 amide bonds. The highest BCUT2D eigenvalue weighted by Crippen LogP contribution is 2.27. The minimum Gasteiger partial charge on any atom is -0.497 e. The Bertz CT molecular complexity index is 916. The second-order valence-corrected chi connectivity index (χ2v) is 7.14. The third kappa shape index (κ3) is 3.52. The Labute approximate surface area is 146 Å². The summed E-state index contributed by atoms with van der Waals surface area (Å²) in [5, 5.41) is 8.31. The highest BCUT2D eigenvalue weighted by molar-refractivity contribution is 5.95. The number of rotatable bonds is 4. The standard InChI is InChI=1S/C19H23N3O3/c1-19(2,3)16-10-17(22(4)21-16)20-18(23)8-12-11-25-15-9-13(24-5)6-7-14(12)15/h6-7,9-11H,8H2,1-5H3,(H,20,23). The van der Waals surface area contributed by atoms with Crippen molar-refractivity contribution >= 4 is 22.7 Å². The van der Waals surface area contributed by atoms with Crippen molar-refractivity contribution < 1.29 is 13.9 Å². The van der Waals surface area contributed by atoms with Crippen LogP contribution in [0.15, 0.2) is 34.9 Å². The number of ether oxygens (including phenoxy) is 1. The molecule has 0 aliphatic rings. The first-order chi connectivity index (χ1) is 11.8. The van der Waals surface area contributed by atoms with E-state index in [4.69, 9.17) is 9.15 Å². The van der Waals surface area contributed by atoms with Gasteiger partial charge in [-0.25, -0.2) is 0 Å². The summed E-state index contributed by atoms with van der Waals surface area (Å²) in [4.78, 5) is 12.4. The highest BCUT2D eigenvalue weighted by atomic mass is 16.5. The van der Waals surface area contributed by atoms with E-state index < -0.39 is 0 Å². The number of anilines is 1.